The van der Waals surface area contributed by atoms with E-state index in [0.717, 1.165) is 4.88 Å². The Kier molecular flexibility index (Phi) is 4.88. The molecule has 5 heteroatoms. The molecule has 1 aromatic heterocycles. The predicted octanol–water partition coefficient (Wildman–Crippen LogP) is 1.47. The van der Waals surface area contributed by atoms with E-state index < -0.39 is 11.8 Å². The first-order valence-corrected chi connectivity index (χ1v) is 5.68. The quantitative estimate of drug-likeness (QED) is 0.480. The summed E-state index contributed by atoms with van der Waals surface area (Å²) in [7, 11) is 0. The van der Waals surface area contributed by atoms with Crippen LogP contribution in [0.5, 0.6) is 0 Å². The monoisotopic (exact) mass is 239 g/mol. The number of nitrogens with two attached hydrogens (primary N) is 1. The van der Waals surface area contributed by atoms with Gasteiger partial charge in [-0.2, -0.15) is 0 Å². The van der Waals surface area contributed by atoms with E-state index >= 15 is 0 Å². The fourth-order valence-electron chi connectivity index (χ4n) is 1.05. The normalized spacial score (nSPS) is 10.6. The van der Waals surface area contributed by atoms with Crippen LogP contribution in [0, 0.1) is 0 Å². The first-order chi connectivity index (χ1) is 7.69. The van der Waals surface area contributed by atoms with E-state index in [1.165, 1.54) is 11.3 Å². The van der Waals surface area contributed by atoms with Gasteiger partial charge in [0.05, 0.1) is 11.5 Å². The summed E-state index contributed by atoms with van der Waals surface area (Å²) in [6.45, 7) is 2.31. The molecule has 2 N–H and O–H groups in total. The van der Waals surface area contributed by atoms with E-state index in [1.54, 1.807) is 25.1 Å². The van der Waals surface area contributed by atoms with E-state index in [4.69, 9.17) is 5.73 Å². The van der Waals surface area contributed by atoms with Gasteiger partial charge in [-0.3, -0.25) is 4.79 Å². The highest BCUT2D eigenvalue weighted by Gasteiger charge is 2.18. The molecule has 0 aliphatic heterocycles. The highest BCUT2D eigenvalue weighted by Crippen LogP contribution is 2.18. The van der Waals surface area contributed by atoms with E-state index in [1.807, 2.05) is 6.08 Å². The molecule has 86 valence electrons. The average molecular weight is 239 g/mol. The van der Waals surface area contributed by atoms with E-state index in [0.29, 0.717) is 11.4 Å². The molecule has 4 nitrogen and oxygen atoms in total. The van der Waals surface area contributed by atoms with Gasteiger partial charge in [-0.15, -0.1) is 11.3 Å². The lowest BCUT2D eigenvalue weighted by Crippen LogP contribution is -2.16. The molecule has 1 aromatic rings. The van der Waals surface area contributed by atoms with Gasteiger partial charge in [0.1, 0.15) is 0 Å². The van der Waals surface area contributed by atoms with Crippen LogP contribution in [0.3, 0.4) is 0 Å². The number of hydrogen-bond donors (Lipinski definition) is 1. The molecule has 16 heavy (non-hydrogen) atoms. The lowest BCUT2D eigenvalue weighted by Gasteiger charge is -1.97. The van der Waals surface area contributed by atoms with E-state index in [2.05, 4.69) is 4.74 Å². The van der Waals surface area contributed by atoms with Gasteiger partial charge in [-0.1, -0.05) is 6.08 Å². The second-order valence-electron chi connectivity index (χ2n) is 2.89. The van der Waals surface area contributed by atoms with Gasteiger partial charge in [0.15, 0.2) is 0 Å². The van der Waals surface area contributed by atoms with Crippen molar-refractivity contribution in [1.29, 1.82) is 0 Å². The van der Waals surface area contributed by atoms with Crippen molar-refractivity contribution >= 4 is 29.2 Å². The topological polar surface area (TPSA) is 69.4 Å². The molecule has 0 aliphatic rings. The second kappa shape index (κ2) is 6.19. The van der Waals surface area contributed by atoms with Crippen molar-refractivity contribution in [1.82, 2.24) is 0 Å². The number of hydrogen-bond acceptors (Lipinski definition) is 5. The molecule has 1 heterocycles. The van der Waals surface area contributed by atoms with Crippen LogP contribution >= 0.6 is 11.3 Å². The molecular formula is C11H13NO3S. The summed E-state index contributed by atoms with van der Waals surface area (Å²) in [6, 6.07) is 3.38. The molecular weight excluding hydrogens is 226 g/mol. The zero-order valence-corrected chi connectivity index (χ0v) is 9.75. The summed E-state index contributed by atoms with van der Waals surface area (Å²) in [6.07, 6.45) is 3.59. The Balaban J connectivity index is 2.74. The lowest BCUT2D eigenvalue weighted by atomic mass is 10.3. The number of thiophene rings is 1. The molecule has 0 bridgehead atoms. The van der Waals surface area contributed by atoms with Crippen LogP contribution < -0.4 is 5.73 Å². The Morgan fingerprint density at radius 1 is 1.50 bits per heavy atom. The number of ether oxygens (including phenoxy) is 1. The summed E-state index contributed by atoms with van der Waals surface area (Å²) in [5.74, 6) is -1.40. The van der Waals surface area contributed by atoms with Crippen molar-refractivity contribution in [2.45, 2.75) is 6.92 Å². The van der Waals surface area contributed by atoms with Crippen LogP contribution in [0.2, 0.25) is 0 Å². The third-order valence-electron chi connectivity index (χ3n) is 1.73. The minimum Gasteiger partial charge on any atom is -0.460 e. The molecule has 0 amide bonds. The summed E-state index contributed by atoms with van der Waals surface area (Å²) in [5.41, 5.74) is 5.31. The van der Waals surface area contributed by atoms with Crippen LogP contribution in [0.1, 0.15) is 21.5 Å². The SMILES string of the molecule is CCOC(=O)C(=O)c1ccc(C=CCN)s1. The molecule has 0 radical (unpaired) electrons. The Hall–Kier alpha value is -1.46. The maximum atomic E-state index is 11.5. The molecule has 0 atom stereocenters. The van der Waals surface area contributed by atoms with Crippen molar-refractivity contribution in [2.24, 2.45) is 5.73 Å². The first kappa shape index (κ1) is 12.6. The van der Waals surface area contributed by atoms with Crippen molar-refractivity contribution in [2.75, 3.05) is 13.2 Å². The highest BCUT2D eigenvalue weighted by atomic mass is 32.1. The van der Waals surface area contributed by atoms with Gasteiger partial charge in [-0.05, 0) is 25.1 Å². The fraction of sp³-hybridized carbons (Fsp3) is 0.273. The Bertz CT molecular complexity index is 409. The van der Waals surface area contributed by atoms with E-state index in [9.17, 15) is 9.59 Å². The molecule has 0 fully saturated rings. The van der Waals surface area contributed by atoms with Gasteiger partial charge in [0.25, 0.3) is 5.78 Å². The van der Waals surface area contributed by atoms with Gasteiger partial charge in [0, 0.05) is 11.4 Å². The Morgan fingerprint density at radius 2 is 2.25 bits per heavy atom. The summed E-state index contributed by atoms with van der Waals surface area (Å²) >= 11 is 1.24. The molecule has 0 aromatic carbocycles. The molecule has 0 unspecified atom stereocenters. The zero-order chi connectivity index (χ0) is 12.0. The fourth-order valence-corrected chi connectivity index (χ4v) is 1.91. The number of carbonyl (C=O) groups is 2. The first-order valence-electron chi connectivity index (χ1n) is 4.87. The van der Waals surface area contributed by atoms with Crippen molar-refractivity contribution in [3.05, 3.63) is 28.0 Å². The van der Waals surface area contributed by atoms with Crippen LogP contribution in [0.4, 0.5) is 0 Å². The standard InChI is InChI=1S/C11H13NO3S/c1-2-15-11(14)10(13)9-6-5-8(16-9)4-3-7-12/h3-6H,2,7,12H2,1H3. The predicted molar refractivity (Wildman–Crippen MR) is 63.4 cm³/mol. The maximum absolute atomic E-state index is 11.5. The summed E-state index contributed by atoms with van der Waals surface area (Å²) in [5, 5.41) is 0. The molecule has 0 aliphatic carbocycles. The number of Topliss-reactive ketones (excluding diaryl/α,β-unsaturated/α-hetero) is 1. The van der Waals surface area contributed by atoms with Crippen LogP contribution in [-0.4, -0.2) is 24.9 Å². The van der Waals surface area contributed by atoms with E-state index in [-0.39, 0.29) is 6.61 Å². The van der Waals surface area contributed by atoms with Gasteiger partial charge < -0.3 is 10.5 Å². The molecule has 0 saturated heterocycles. The summed E-state index contributed by atoms with van der Waals surface area (Å²) < 4.78 is 4.63. The average Bonchev–Trinajstić information content (AvgIpc) is 2.74. The van der Waals surface area contributed by atoms with Gasteiger partial charge >= 0.3 is 5.97 Å². The highest BCUT2D eigenvalue weighted by molar-refractivity contribution is 7.15. The third-order valence-corrected chi connectivity index (χ3v) is 2.78. The van der Waals surface area contributed by atoms with Gasteiger partial charge in [0.2, 0.25) is 0 Å². The number of ketones is 1. The molecule has 0 spiro atoms. The van der Waals surface area contributed by atoms with Crippen molar-refractivity contribution in [3.63, 3.8) is 0 Å². The number of rotatable bonds is 5. The Labute approximate surface area is 97.7 Å². The maximum Gasteiger partial charge on any atom is 0.380 e. The number of esters is 1. The minimum atomic E-state index is -0.807. The van der Waals surface area contributed by atoms with Crippen LogP contribution in [0.15, 0.2) is 18.2 Å². The zero-order valence-electron chi connectivity index (χ0n) is 8.93. The third kappa shape index (κ3) is 3.29. The Morgan fingerprint density at radius 3 is 2.88 bits per heavy atom. The lowest BCUT2D eigenvalue weighted by molar-refractivity contribution is -0.137. The van der Waals surface area contributed by atoms with Crippen LogP contribution in [-0.2, 0) is 9.53 Å². The number of carbonyl (C=O) groups excluding carboxylic acids is 2. The second-order valence-corrected chi connectivity index (χ2v) is 4.01. The molecule has 0 saturated carbocycles. The molecule has 1 rings (SSSR count). The van der Waals surface area contributed by atoms with Crippen molar-refractivity contribution in [3.8, 4) is 0 Å². The van der Waals surface area contributed by atoms with Gasteiger partial charge in [-0.25, -0.2) is 4.79 Å². The van der Waals surface area contributed by atoms with Crippen molar-refractivity contribution < 1.29 is 14.3 Å². The summed E-state index contributed by atoms with van der Waals surface area (Å²) in [4.78, 5) is 23.9. The largest absolute Gasteiger partial charge is 0.460 e. The smallest absolute Gasteiger partial charge is 0.380 e. The van der Waals surface area contributed by atoms with Crippen LogP contribution in [0.25, 0.3) is 6.08 Å². The minimum absolute atomic E-state index is 0.204.